The summed E-state index contributed by atoms with van der Waals surface area (Å²) in [6, 6.07) is 6.84. The van der Waals surface area contributed by atoms with Crippen LogP contribution in [-0.2, 0) is 11.3 Å². The third-order valence-electron chi connectivity index (χ3n) is 3.78. The van der Waals surface area contributed by atoms with E-state index >= 15 is 0 Å². The molecule has 0 heterocycles. The lowest BCUT2D eigenvalue weighted by molar-refractivity contribution is 0.0847. The van der Waals surface area contributed by atoms with E-state index in [4.69, 9.17) is 9.47 Å². The van der Waals surface area contributed by atoms with Crippen molar-refractivity contribution in [3.05, 3.63) is 29.3 Å². The van der Waals surface area contributed by atoms with Gasteiger partial charge in [0, 0.05) is 19.7 Å². The Morgan fingerprint density at radius 1 is 1.28 bits per heavy atom. The van der Waals surface area contributed by atoms with E-state index in [2.05, 4.69) is 24.4 Å². The van der Waals surface area contributed by atoms with Crippen LogP contribution in [0.4, 0.5) is 0 Å². The highest BCUT2D eigenvalue weighted by Crippen LogP contribution is 2.23. The Kier molecular flexibility index (Phi) is 4.61. The summed E-state index contributed by atoms with van der Waals surface area (Å²) in [5.74, 6) is 0.953. The lowest BCUT2D eigenvalue weighted by Crippen LogP contribution is -2.36. The summed E-state index contributed by atoms with van der Waals surface area (Å²) in [5, 5.41) is 3.60. The predicted molar refractivity (Wildman–Crippen MR) is 73.0 cm³/mol. The van der Waals surface area contributed by atoms with Crippen LogP contribution in [0.5, 0.6) is 5.75 Å². The minimum absolute atomic E-state index is 0.379. The molecule has 1 aromatic rings. The monoisotopic (exact) mass is 249 g/mol. The first kappa shape index (κ1) is 13.4. The van der Waals surface area contributed by atoms with E-state index in [1.807, 2.05) is 13.2 Å². The summed E-state index contributed by atoms with van der Waals surface area (Å²) >= 11 is 0. The first-order valence-electron chi connectivity index (χ1n) is 6.64. The molecule has 1 N–H and O–H groups in total. The molecule has 18 heavy (non-hydrogen) atoms. The van der Waals surface area contributed by atoms with Gasteiger partial charge < -0.3 is 14.8 Å². The molecule has 1 aliphatic rings. The fourth-order valence-electron chi connectivity index (χ4n) is 2.74. The van der Waals surface area contributed by atoms with Crippen molar-refractivity contribution < 1.29 is 9.47 Å². The summed E-state index contributed by atoms with van der Waals surface area (Å²) in [5.41, 5.74) is 2.49. The van der Waals surface area contributed by atoms with Gasteiger partial charge in [0.25, 0.3) is 0 Å². The van der Waals surface area contributed by atoms with Crippen molar-refractivity contribution in [1.29, 1.82) is 0 Å². The lowest BCUT2D eigenvalue weighted by Gasteiger charge is -2.20. The lowest BCUT2D eigenvalue weighted by atomic mass is 10.1. The van der Waals surface area contributed by atoms with Gasteiger partial charge in [-0.15, -0.1) is 0 Å². The molecule has 0 saturated heterocycles. The fraction of sp³-hybridized carbons (Fsp3) is 0.600. The van der Waals surface area contributed by atoms with Gasteiger partial charge in [-0.05, 0) is 43.4 Å². The highest BCUT2D eigenvalue weighted by molar-refractivity contribution is 5.36. The Labute approximate surface area is 109 Å². The first-order valence-corrected chi connectivity index (χ1v) is 6.64. The molecule has 1 aromatic carbocycles. The zero-order valence-corrected chi connectivity index (χ0v) is 11.5. The van der Waals surface area contributed by atoms with Gasteiger partial charge in [-0.1, -0.05) is 12.1 Å². The van der Waals surface area contributed by atoms with Crippen LogP contribution in [0.25, 0.3) is 0 Å². The maximum absolute atomic E-state index is 5.49. The number of hydrogen-bond acceptors (Lipinski definition) is 3. The zero-order chi connectivity index (χ0) is 13.0. The molecular weight excluding hydrogens is 226 g/mol. The van der Waals surface area contributed by atoms with E-state index in [9.17, 15) is 0 Å². The van der Waals surface area contributed by atoms with Gasteiger partial charge in [-0.3, -0.25) is 0 Å². The molecule has 2 atom stereocenters. The van der Waals surface area contributed by atoms with Gasteiger partial charge in [-0.2, -0.15) is 0 Å². The molecule has 1 saturated carbocycles. The maximum Gasteiger partial charge on any atom is 0.121 e. The smallest absolute Gasteiger partial charge is 0.121 e. The molecule has 3 heteroatoms. The molecular formula is C15H23NO2. The second kappa shape index (κ2) is 6.21. The normalized spacial score (nSPS) is 23.3. The van der Waals surface area contributed by atoms with Crippen molar-refractivity contribution in [1.82, 2.24) is 5.32 Å². The first-order chi connectivity index (χ1) is 8.74. The Morgan fingerprint density at radius 3 is 2.78 bits per heavy atom. The van der Waals surface area contributed by atoms with Crippen LogP contribution in [0.3, 0.4) is 0 Å². The van der Waals surface area contributed by atoms with Crippen LogP contribution < -0.4 is 10.1 Å². The summed E-state index contributed by atoms with van der Waals surface area (Å²) in [7, 11) is 3.52. The number of ether oxygens (including phenoxy) is 2. The van der Waals surface area contributed by atoms with Crippen molar-refractivity contribution in [2.75, 3.05) is 14.2 Å². The highest BCUT2D eigenvalue weighted by Gasteiger charge is 2.26. The van der Waals surface area contributed by atoms with Crippen molar-refractivity contribution in [2.24, 2.45) is 0 Å². The standard InChI is InChI=1S/C15H23NO2/c1-11-9-12(7-8-14(11)17-2)10-16-13-5-4-6-15(13)18-3/h7-9,13,15-16H,4-6,10H2,1-3H3. The Bertz CT molecular complexity index is 392. The second-order valence-electron chi connectivity index (χ2n) is 5.00. The quantitative estimate of drug-likeness (QED) is 0.870. The van der Waals surface area contributed by atoms with E-state index < -0.39 is 0 Å². The minimum atomic E-state index is 0.379. The Morgan fingerprint density at radius 2 is 2.11 bits per heavy atom. The fourth-order valence-corrected chi connectivity index (χ4v) is 2.74. The number of nitrogens with one attached hydrogen (secondary N) is 1. The predicted octanol–water partition coefficient (Wildman–Crippen LogP) is 2.66. The van der Waals surface area contributed by atoms with Crippen LogP contribution in [0.2, 0.25) is 0 Å². The molecule has 2 unspecified atom stereocenters. The molecule has 0 aliphatic heterocycles. The number of methoxy groups -OCH3 is 2. The molecule has 0 radical (unpaired) electrons. The molecule has 0 spiro atoms. The van der Waals surface area contributed by atoms with Crippen molar-refractivity contribution in [3.8, 4) is 5.75 Å². The van der Waals surface area contributed by atoms with Crippen molar-refractivity contribution in [2.45, 2.75) is 44.9 Å². The largest absolute Gasteiger partial charge is 0.496 e. The Hall–Kier alpha value is -1.06. The van der Waals surface area contributed by atoms with Crippen molar-refractivity contribution in [3.63, 3.8) is 0 Å². The number of aryl methyl sites for hydroxylation is 1. The van der Waals surface area contributed by atoms with Gasteiger partial charge in [0.1, 0.15) is 5.75 Å². The van der Waals surface area contributed by atoms with Crippen LogP contribution in [0, 0.1) is 6.92 Å². The zero-order valence-electron chi connectivity index (χ0n) is 11.5. The highest BCUT2D eigenvalue weighted by atomic mass is 16.5. The molecule has 0 aromatic heterocycles. The third kappa shape index (κ3) is 3.03. The molecule has 1 aliphatic carbocycles. The summed E-state index contributed by atoms with van der Waals surface area (Å²) in [6.07, 6.45) is 4.03. The molecule has 3 nitrogen and oxygen atoms in total. The molecule has 1 fully saturated rings. The van der Waals surface area contributed by atoms with Crippen LogP contribution in [-0.4, -0.2) is 26.4 Å². The van der Waals surface area contributed by atoms with E-state index in [1.165, 1.54) is 30.4 Å². The molecule has 0 amide bonds. The number of rotatable bonds is 5. The number of benzene rings is 1. The average Bonchev–Trinajstić information content (AvgIpc) is 2.84. The molecule has 100 valence electrons. The van der Waals surface area contributed by atoms with Crippen LogP contribution in [0.15, 0.2) is 18.2 Å². The second-order valence-corrected chi connectivity index (χ2v) is 5.00. The number of hydrogen-bond donors (Lipinski definition) is 1. The summed E-state index contributed by atoms with van der Waals surface area (Å²) < 4.78 is 10.8. The van der Waals surface area contributed by atoms with Gasteiger partial charge in [0.15, 0.2) is 0 Å². The maximum atomic E-state index is 5.49. The van der Waals surface area contributed by atoms with Crippen molar-refractivity contribution >= 4 is 0 Å². The van der Waals surface area contributed by atoms with Gasteiger partial charge >= 0.3 is 0 Å². The SMILES string of the molecule is COc1ccc(CNC2CCCC2OC)cc1C. The summed E-state index contributed by atoms with van der Waals surface area (Å²) in [6.45, 7) is 2.98. The van der Waals surface area contributed by atoms with Gasteiger partial charge in [0.2, 0.25) is 0 Å². The molecule has 2 rings (SSSR count). The molecule has 0 bridgehead atoms. The van der Waals surface area contributed by atoms with E-state index in [1.54, 1.807) is 7.11 Å². The minimum Gasteiger partial charge on any atom is -0.496 e. The Balaban J connectivity index is 1.92. The van der Waals surface area contributed by atoms with E-state index in [0.29, 0.717) is 12.1 Å². The van der Waals surface area contributed by atoms with E-state index in [0.717, 1.165) is 12.3 Å². The van der Waals surface area contributed by atoms with Crippen LogP contribution in [0.1, 0.15) is 30.4 Å². The third-order valence-corrected chi connectivity index (χ3v) is 3.78. The van der Waals surface area contributed by atoms with Crippen LogP contribution >= 0.6 is 0 Å². The summed E-state index contributed by atoms with van der Waals surface area (Å²) in [4.78, 5) is 0. The van der Waals surface area contributed by atoms with E-state index in [-0.39, 0.29) is 0 Å². The topological polar surface area (TPSA) is 30.5 Å². The van der Waals surface area contributed by atoms with Gasteiger partial charge in [-0.25, -0.2) is 0 Å². The van der Waals surface area contributed by atoms with Gasteiger partial charge in [0.05, 0.1) is 13.2 Å². The average molecular weight is 249 g/mol.